The van der Waals surface area contributed by atoms with E-state index >= 15 is 0 Å². The maximum atomic E-state index is 5.94. The van der Waals surface area contributed by atoms with Crippen molar-refractivity contribution in [1.82, 2.24) is 0 Å². The molecule has 0 spiro atoms. The Morgan fingerprint density at radius 3 is 2.23 bits per heavy atom. The van der Waals surface area contributed by atoms with Crippen LogP contribution in [0, 0.1) is 0 Å². The van der Waals surface area contributed by atoms with Crippen LogP contribution in [0.3, 0.4) is 0 Å². The summed E-state index contributed by atoms with van der Waals surface area (Å²) in [5.41, 5.74) is -0.174. The second kappa shape index (κ2) is 8.51. The molecule has 72 valence electrons. The summed E-state index contributed by atoms with van der Waals surface area (Å²) < 4.78 is 13.0. The van der Waals surface area contributed by atoms with E-state index < -0.39 is 46.7 Å². The molecule has 2 nitrogen and oxygen atoms in total. The average molecular weight is 602 g/mol. The van der Waals surface area contributed by atoms with Crippen LogP contribution in [0.4, 0.5) is 0 Å². The van der Waals surface area contributed by atoms with Crippen molar-refractivity contribution in [2.45, 2.75) is 26.5 Å². The monoisotopic (exact) mass is 604 g/mol. The second-order valence-electron chi connectivity index (χ2n) is 3.16. The third kappa shape index (κ3) is 5.30. The van der Waals surface area contributed by atoms with E-state index in [4.69, 9.17) is 26.0 Å². The molecule has 0 amide bonds. The molecular weight excluding hydrogens is 588 g/mol. The molecular formula is C7H14Cl2Hg2O2. The summed E-state index contributed by atoms with van der Waals surface area (Å²) in [6, 6.07) is 0. The summed E-state index contributed by atoms with van der Waals surface area (Å²) in [6.07, 6.45) is 0.162. The van der Waals surface area contributed by atoms with Crippen molar-refractivity contribution in [2.75, 3.05) is 14.2 Å². The van der Waals surface area contributed by atoms with Gasteiger partial charge in [-0.3, -0.25) is 0 Å². The standard InChI is InChI=1S/C7H14O2.2ClH.2Hg/c1-6(8-4)7(2,3)9-5;;;;/h6H,1-2H2,3-5H3;2*1H;;/q;;;2*+1/p-2. The normalized spacial score (nSPS) is 17.0. The first-order chi connectivity index (χ1) is 6.14. The van der Waals surface area contributed by atoms with Crippen LogP contribution < -0.4 is 0 Å². The summed E-state index contributed by atoms with van der Waals surface area (Å²) in [6.45, 7) is 2.09. The van der Waals surface area contributed by atoms with Crippen molar-refractivity contribution in [2.24, 2.45) is 0 Å². The summed E-state index contributed by atoms with van der Waals surface area (Å²) in [4.78, 5) is 0. The average Bonchev–Trinajstić information content (AvgIpc) is 2.14. The molecule has 0 rings (SSSR count). The maximum absolute atomic E-state index is 5.94. The topological polar surface area (TPSA) is 18.5 Å². The van der Waals surface area contributed by atoms with Crippen molar-refractivity contribution in [3.8, 4) is 0 Å². The Morgan fingerprint density at radius 2 is 1.92 bits per heavy atom. The minimum absolute atomic E-state index is 0.162. The van der Waals surface area contributed by atoms with Crippen LogP contribution in [-0.4, -0.2) is 25.9 Å². The van der Waals surface area contributed by atoms with Gasteiger partial charge in [-0.1, -0.05) is 0 Å². The fourth-order valence-corrected chi connectivity index (χ4v) is 14.0. The molecule has 0 aliphatic heterocycles. The van der Waals surface area contributed by atoms with Crippen LogP contribution in [0.25, 0.3) is 0 Å². The van der Waals surface area contributed by atoms with E-state index in [0.29, 0.717) is 0 Å². The van der Waals surface area contributed by atoms with Crippen LogP contribution in [-0.2, 0) is 56.2 Å². The van der Waals surface area contributed by atoms with Gasteiger partial charge < -0.3 is 0 Å². The Kier molecular flexibility index (Phi) is 10.1. The quantitative estimate of drug-likeness (QED) is 0.418. The van der Waals surface area contributed by atoms with E-state index in [-0.39, 0.29) is 11.7 Å². The number of methoxy groups -OCH3 is 2. The van der Waals surface area contributed by atoms with Gasteiger partial charge in [-0.25, -0.2) is 0 Å². The van der Waals surface area contributed by atoms with Crippen molar-refractivity contribution in [1.29, 1.82) is 0 Å². The van der Waals surface area contributed by atoms with Crippen LogP contribution in [0.15, 0.2) is 0 Å². The van der Waals surface area contributed by atoms with Crippen molar-refractivity contribution < 1.29 is 56.2 Å². The van der Waals surface area contributed by atoms with Gasteiger partial charge >= 0.3 is 113 Å². The van der Waals surface area contributed by atoms with Gasteiger partial charge in [-0.2, -0.15) is 0 Å². The molecule has 6 heteroatoms. The number of rotatable bonds is 7. The number of hydrogen-bond donors (Lipinski definition) is 0. The van der Waals surface area contributed by atoms with E-state index in [9.17, 15) is 0 Å². The molecule has 2 atom stereocenters. The van der Waals surface area contributed by atoms with Gasteiger partial charge in [0, 0.05) is 0 Å². The van der Waals surface area contributed by atoms with E-state index in [1.54, 1.807) is 14.2 Å². The minimum atomic E-state index is -1.19. The second-order valence-corrected chi connectivity index (χ2v) is 16.9. The summed E-state index contributed by atoms with van der Waals surface area (Å²) in [5.74, 6) is 0. The van der Waals surface area contributed by atoms with Crippen molar-refractivity contribution in [3.63, 3.8) is 0 Å². The zero-order chi connectivity index (χ0) is 10.3. The van der Waals surface area contributed by atoms with E-state index in [2.05, 4.69) is 6.92 Å². The molecule has 0 heterocycles. The van der Waals surface area contributed by atoms with Gasteiger partial charge in [0.15, 0.2) is 0 Å². The van der Waals surface area contributed by atoms with Gasteiger partial charge in [0.1, 0.15) is 0 Å². The first kappa shape index (κ1) is 15.4. The number of ether oxygens (including phenoxy) is 2. The van der Waals surface area contributed by atoms with Crippen molar-refractivity contribution >= 4 is 16.5 Å². The molecule has 2 unspecified atom stereocenters. The van der Waals surface area contributed by atoms with Crippen LogP contribution in [0.2, 0.25) is 7.86 Å². The van der Waals surface area contributed by atoms with Crippen LogP contribution in [0.1, 0.15) is 6.92 Å². The molecule has 13 heavy (non-hydrogen) atoms. The Labute approximate surface area is 112 Å². The molecule has 0 saturated heterocycles. The fourth-order valence-electron chi connectivity index (χ4n) is 1.35. The van der Waals surface area contributed by atoms with Crippen molar-refractivity contribution in [3.05, 3.63) is 0 Å². The first-order valence-electron chi connectivity index (χ1n) is 4.34. The molecule has 0 N–H and O–H groups in total. The molecule has 0 bridgehead atoms. The zero-order valence-electron chi connectivity index (χ0n) is 8.48. The fraction of sp³-hybridized carbons (Fsp3) is 1.00. The third-order valence-corrected chi connectivity index (χ3v) is 13.4. The molecule has 0 fully saturated rings. The molecule has 0 aromatic rings. The SMILES string of the molecule is COC([CH2][Hg][Cl])C(C)([CH2][Hg][Cl])OC. The predicted octanol–water partition coefficient (Wildman–Crippen LogP) is 2.72. The Bertz CT molecular complexity index is 140. The van der Waals surface area contributed by atoms with Crippen LogP contribution >= 0.6 is 16.5 Å². The van der Waals surface area contributed by atoms with E-state index in [1.165, 1.54) is 0 Å². The van der Waals surface area contributed by atoms with Gasteiger partial charge in [-0.05, 0) is 0 Å². The van der Waals surface area contributed by atoms with Gasteiger partial charge in [0.05, 0.1) is 0 Å². The van der Waals surface area contributed by atoms with E-state index in [1.807, 2.05) is 0 Å². The molecule has 0 aliphatic rings. The summed E-state index contributed by atoms with van der Waals surface area (Å²) >= 11 is -2.35. The third-order valence-electron chi connectivity index (χ3n) is 2.39. The Morgan fingerprint density at radius 1 is 1.31 bits per heavy atom. The van der Waals surface area contributed by atoms with Gasteiger partial charge in [0.2, 0.25) is 0 Å². The number of hydrogen-bond acceptors (Lipinski definition) is 2. The molecule has 0 saturated carbocycles. The summed E-state index contributed by atoms with van der Waals surface area (Å²) in [5, 5.41) is 0. The first-order valence-corrected chi connectivity index (χ1v) is 25.7. The van der Waals surface area contributed by atoms with Gasteiger partial charge in [-0.15, -0.1) is 0 Å². The predicted molar refractivity (Wildman–Crippen MR) is 47.5 cm³/mol. The van der Waals surface area contributed by atoms with E-state index in [0.717, 1.165) is 7.86 Å². The molecule has 0 aliphatic carbocycles. The van der Waals surface area contributed by atoms with Crippen LogP contribution in [0.5, 0.6) is 0 Å². The zero-order valence-corrected chi connectivity index (χ0v) is 21.0. The Hall–Kier alpha value is 2.37. The molecule has 0 aromatic heterocycles. The molecule has 0 radical (unpaired) electrons. The molecule has 0 aromatic carbocycles. The summed E-state index contributed by atoms with van der Waals surface area (Å²) in [7, 11) is 15.3. The number of halogens is 2. The van der Waals surface area contributed by atoms with Gasteiger partial charge in [0.25, 0.3) is 0 Å². The Balaban J connectivity index is 4.29.